The Morgan fingerprint density at radius 3 is 1.31 bits per heavy atom. The maximum absolute atomic E-state index is 2.31. The minimum Gasteiger partial charge on any atom is -0.0683 e. The van der Waals surface area contributed by atoms with Gasteiger partial charge < -0.3 is 0 Å². The molecule has 1 fully saturated rings. The minimum atomic E-state index is 1.06. The number of unbranched alkanes of at least 4 members (excludes halogenated alkanes) is 3. The predicted octanol–water partition coefficient (Wildman–Crippen LogP) is 5.42. The standard InChI is InChI=1S/C6H14.C5H10.C2H6/c1-3-5-6-4-2;1-5-3-2-4-5;1-2/h3-6H2,1-2H3;5H,2-4H2,1H3;1-2H3. The van der Waals surface area contributed by atoms with Crippen molar-refractivity contribution in [3.8, 4) is 0 Å². The minimum absolute atomic E-state index is 1.06. The number of hydrogen-bond donors (Lipinski definition) is 0. The van der Waals surface area contributed by atoms with Crippen molar-refractivity contribution in [3.05, 3.63) is 0 Å². The van der Waals surface area contributed by atoms with Gasteiger partial charge in [-0.2, -0.15) is 0 Å². The van der Waals surface area contributed by atoms with Crippen molar-refractivity contribution >= 4 is 0 Å². The highest BCUT2D eigenvalue weighted by Gasteiger charge is 2.09. The number of hydrogen-bond acceptors (Lipinski definition) is 0. The molecule has 1 saturated carbocycles. The fourth-order valence-corrected chi connectivity index (χ4v) is 1.11. The first-order valence-corrected chi connectivity index (χ1v) is 6.31. The first-order chi connectivity index (χ1) is 6.31. The van der Waals surface area contributed by atoms with Gasteiger partial charge >= 0.3 is 0 Å². The van der Waals surface area contributed by atoms with Gasteiger partial charge in [0.05, 0.1) is 0 Å². The second kappa shape index (κ2) is 14.5. The topological polar surface area (TPSA) is 0 Å². The molecular formula is C13H30. The van der Waals surface area contributed by atoms with Crippen molar-refractivity contribution in [1.29, 1.82) is 0 Å². The SMILES string of the molecule is CC.CC1CCC1.CCCCCC. The summed E-state index contributed by atoms with van der Waals surface area (Å²) >= 11 is 0. The van der Waals surface area contributed by atoms with E-state index in [1.807, 2.05) is 13.8 Å². The molecule has 1 aliphatic rings. The van der Waals surface area contributed by atoms with Crippen LogP contribution in [0.4, 0.5) is 0 Å². The van der Waals surface area contributed by atoms with Crippen molar-refractivity contribution in [2.75, 3.05) is 0 Å². The van der Waals surface area contributed by atoms with Crippen molar-refractivity contribution in [2.45, 2.75) is 79.6 Å². The summed E-state index contributed by atoms with van der Waals surface area (Å²) in [6, 6.07) is 0. The molecule has 0 aromatic rings. The molecule has 0 aliphatic heterocycles. The highest BCUT2D eigenvalue weighted by Crippen LogP contribution is 2.24. The molecule has 0 heterocycles. The Bertz CT molecular complexity index is 58.4. The van der Waals surface area contributed by atoms with Gasteiger partial charge in [0.1, 0.15) is 0 Å². The average Bonchev–Trinajstić information content (AvgIpc) is 2.16. The van der Waals surface area contributed by atoms with Crippen molar-refractivity contribution in [3.63, 3.8) is 0 Å². The van der Waals surface area contributed by atoms with Crippen LogP contribution < -0.4 is 0 Å². The molecule has 0 unspecified atom stereocenters. The Hall–Kier alpha value is 0. The molecule has 13 heavy (non-hydrogen) atoms. The Kier molecular flexibility index (Phi) is 17.3. The van der Waals surface area contributed by atoms with E-state index in [1.54, 1.807) is 0 Å². The zero-order chi connectivity index (χ0) is 10.5. The lowest BCUT2D eigenvalue weighted by Crippen LogP contribution is -2.04. The summed E-state index contributed by atoms with van der Waals surface area (Å²) in [5, 5.41) is 0. The molecule has 0 amide bonds. The van der Waals surface area contributed by atoms with Gasteiger partial charge in [-0.1, -0.05) is 79.6 Å². The van der Waals surface area contributed by atoms with Crippen molar-refractivity contribution in [1.82, 2.24) is 0 Å². The molecule has 0 heteroatoms. The van der Waals surface area contributed by atoms with E-state index in [0.717, 1.165) is 5.92 Å². The van der Waals surface area contributed by atoms with E-state index in [2.05, 4.69) is 20.8 Å². The van der Waals surface area contributed by atoms with Crippen molar-refractivity contribution < 1.29 is 0 Å². The van der Waals surface area contributed by atoms with Crippen molar-refractivity contribution in [2.24, 2.45) is 5.92 Å². The molecule has 1 aliphatic carbocycles. The summed E-state index contributed by atoms with van der Waals surface area (Å²) in [5.74, 6) is 1.06. The first kappa shape index (κ1) is 15.5. The monoisotopic (exact) mass is 186 g/mol. The van der Waals surface area contributed by atoms with Crippen LogP contribution in [0.3, 0.4) is 0 Å². The first-order valence-electron chi connectivity index (χ1n) is 6.31. The smallest absolute Gasteiger partial charge is 0.0443 e. The molecule has 0 saturated heterocycles. The Labute approximate surface area is 86.1 Å². The highest BCUT2D eigenvalue weighted by atomic mass is 14.1. The van der Waals surface area contributed by atoms with Crippen LogP contribution in [0, 0.1) is 5.92 Å². The van der Waals surface area contributed by atoms with E-state index >= 15 is 0 Å². The van der Waals surface area contributed by atoms with Gasteiger partial charge in [-0.15, -0.1) is 0 Å². The largest absolute Gasteiger partial charge is 0.0683 e. The van der Waals surface area contributed by atoms with Gasteiger partial charge in [-0.25, -0.2) is 0 Å². The molecule has 82 valence electrons. The van der Waals surface area contributed by atoms with E-state index in [9.17, 15) is 0 Å². The molecular weight excluding hydrogens is 156 g/mol. The molecule has 0 bridgehead atoms. The number of rotatable bonds is 3. The van der Waals surface area contributed by atoms with E-state index in [0.29, 0.717) is 0 Å². The molecule has 0 aromatic carbocycles. The van der Waals surface area contributed by atoms with Gasteiger partial charge in [-0.05, 0) is 5.92 Å². The van der Waals surface area contributed by atoms with Gasteiger partial charge in [0.25, 0.3) is 0 Å². The normalized spacial score (nSPS) is 14.5. The van der Waals surface area contributed by atoms with E-state index in [1.165, 1.54) is 44.9 Å². The van der Waals surface area contributed by atoms with Gasteiger partial charge in [0.2, 0.25) is 0 Å². The Morgan fingerprint density at radius 2 is 1.23 bits per heavy atom. The Morgan fingerprint density at radius 1 is 0.923 bits per heavy atom. The van der Waals surface area contributed by atoms with Crippen LogP contribution in [0.5, 0.6) is 0 Å². The molecule has 0 radical (unpaired) electrons. The van der Waals surface area contributed by atoms with Gasteiger partial charge in [0, 0.05) is 0 Å². The summed E-state index contributed by atoms with van der Waals surface area (Å²) in [6.07, 6.45) is 10.00. The molecule has 0 atom stereocenters. The van der Waals surface area contributed by atoms with Crippen LogP contribution in [0.15, 0.2) is 0 Å². The second-order valence-electron chi connectivity index (χ2n) is 3.74. The quantitative estimate of drug-likeness (QED) is 0.516. The summed E-state index contributed by atoms with van der Waals surface area (Å²) in [4.78, 5) is 0. The third kappa shape index (κ3) is 14.8. The molecule has 0 aromatic heterocycles. The lowest BCUT2D eigenvalue weighted by Gasteiger charge is -2.18. The van der Waals surface area contributed by atoms with Crippen LogP contribution in [0.2, 0.25) is 0 Å². The van der Waals surface area contributed by atoms with E-state index in [4.69, 9.17) is 0 Å². The summed E-state index contributed by atoms with van der Waals surface area (Å²) < 4.78 is 0. The summed E-state index contributed by atoms with van der Waals surface area (Å²) in [7, 11) is 0. The van der Waals surface area contributed by atoms with Crippen LogP contribution >= 0.6 is 0 Å². The average molecular weight is 186 g/mol. The van der Waals surface area contributed by atoms with Crippen LogP contribution in [-0.4, -0.2) is 0 Å². The molecule has 0 N–H and O–H groups in total. The lowest BCUT2D eigenvalue weighted by atomic mass is 9.88. The third-order valence-corrected chi connectivity index (χ3v) is 2.35. The fraction of sp³-hybridized carbons (Fsp3) is 1.00. The van der Waals surface area contributed by atoms with Crippen LogP contribution in [0.25, 0.3) is 0 Å². The fourth-order valence-electron chi connectivity index (χ4n) is 1.11. The molecule has 0 nitrogen and oxygen atoms in total. The molecule has 0 spiro atoms. The van der Waals surface area contributed by atoms with Crippen LogP contribution in [-0.2, 0) is 0 Å². The van der Waals surface area contributed by atoms with Crippen LogP contribution in [0.1, 0.15) is 79.6 Å². The third-order valence-electron chi connectivity index (χ3n) is 2.35. The van der Waals surface area contributed by atoms with Gasteiger partial charge in [-0.3, -0.25) is 0 Å². The summed E-state index contributed by atoms with van der Waals surface area (Å²) in [5.41, 5.74) is 0. The molecule has 1 rings (SSSR count). The predicted molar refractivity (Wildman–Crippen MR) is 64.2 cm³/mol. The highest BCUT2D eigenvalue weighted by molar-refractivity contribution is 4.62. The van der Waals surface area contributed by atoms with Gasteiger partial charge in [0.15, 0.2) is 0 Å². The summed E-state index contributed by atoms with van der Waals surface area (Å²) in [6.45, 7) is 10.8. The maximum atomic E-state index is 2.31. The van der Waals surface area contributed by atoms with E-state index < -0.39 is 0 Å². The zero-order valence-electron chi connectivity index (χ0n) is 10.5. The second-order valence-corrected chi connectivity index (χ2v) is 3.74. The Balaban J connectivity index is 0. The maximum Gasteiger partial charge on any atom is -0.0443 e. The lowest BCUT2D eigenvalue weighted by molar-refractivity contribution is 0.346. The zero-order valence-corrected chi connectivity index (χ0v) is 10.5. The van der Waals surface area contributed by atoms with E-state index in [-0.39, 0.29) is 0 Å².